The number of carbonyl (C=O) groups is 1. The van der Waals surface area contributed by atoms with Gasteiger partial charge in [0.1, 0.15) is 17.5 Å². The molecule has 0 atom stereocenters. The first-order chi connectivity index (χ1) is 19.4. The Morgan fingerprint density at radius 3 is 2.40 bits per heavy atom. The maximum absolute atomic E-state index is 13.6. The quantitative estimate of drug-likeness (QED) is 0.116. The van der Waals surface area contributed by atoms with Gasteiger partial charge in [0.2, 0.25) is 0 Å². The largest absolute Gasteiger partial charge is 0.384 e. The number of amidine groups is 1. The van der Waals surface area contributed by atoms with Crippen LogP contribution in [-0.4, -0.2) is 39.4 Å². The van der Waals surface area contributed by atoms with Crippen molar-refractivity contribution in [3.63, 3.8) is 0 Å². The van der Waals surface area contributed by atoms with Gasteiger partial charge in [0, 0.05) is 41.7 Å². The van der Waals surface area contributed by atoms with Crippen LogP contribution in [0.1, 0.15) is 32.9 Å². The van der Waals surface area contributed by atoms with Crippen LogP contribution < -0.4 is 16.4 Å². The SMILES string of the molecule is N=C(N)c1ccc(CCc2nc3cc(C(=O)N(CCN)c4ccccn4)ccc3n2Cc2ccccc2S)cc1. The van der Waals surface area contributed by atoms with Gasteiger partial charge in [-0.3, -0.25) is 15.1 Å². The molecule has 5 aromatic rings. The number of thiol groups is 1. The number of rotatable bonds is 10. The zero-order valence-electron chi connectivity index (χ0n) is 22.0. The molecule has 40 heavy (non-hydrogen) atoms. The number of fused-ring (bicyclic) bond motifs is 1. The van der Waals surface area contributed by atoms with E-state index in [1.807, 2.05) is 72.8 Å². The third-order valence-corrected chi connectivity index (χ3v) is 7.26. The highest BCUT2D eigenvalue weighted by atomic mass is 32.1. The van der Waals surface area contributed by atoms with E-state index in [2.05, 4.69) is 28.2 Å². The van der Waals surface area contributed by atoms with Crippen molar-refractivity contribution >= 4 is 41.2 Å². The second-order valence-electron chi connectivity index (χ2n) is 9.49. The zero-order valence-corrected chi connectivity index (χ0v) is 22.9. The van der Waals surface area contributed by atoms with Gasteiger partial charge in [0.15, 0.2) is 0 Å². The van der Waals surface area contributed by atoms with E-state index in [4.69, 9.17) is 21.9 Å². The third kappa shape index (κ3) is 5.90. The van der Waals surface area contributed by atoms with Crippen molar-refractivity contribution in [3.05, 3.63) is 119 Å². The summed E-state index contributed by atoms with van der Waals surface area (Å²) in [6.45, 7) is 1.28. The van der Waals surface area contributed by atoms with Crippen LogP contribution in [0.25, 0.3) is 11.0 Å². The second-order valence-corrected chi connectivity index (χ2v) is 9.97. The molecule has 0 aliphatic heterocycles. The number of nitrogens with two attached hydrogens (primary N) is 2. The Morgan fingerprint density at radius 2 is 1.70 bits per heavy atom. The van der Waals surface area contributed by atoms with Crippen LogP contribution in [0.15, 0.2) is 96.0 Å². The van der Waals surface area contributed by atoms with Gasteiger partial charge in [-0.05, 0) is 53.9 Å². The first-order valence-corrected chi connectivity index (χ1v) is 13.5. The van der Waals surface area contributed by atoms with Crippen LogP contribution in [0, 0.1) is 5.41 Å². The molecule has 0 aliphatic rings. The van der Waals surface area contributed by atoms with Gasteiger partial charge in [-0.25, -0.2) is 9.97 Å². The fourth-order valence-electron chi connectivity index (χ4n) is 4.72. The normalized spacial score (nSPS) is 11.1. The highest BCUT2D eigenvalue weighted by Gasteiger charge is 2.20. The molecular weight excluding hydrogens is 518 g/mol. The molecule has 5 rings (SSSR count). The summed E-state index contributed by atoms with van der Waals surface area (Å²) in [5.41, 5.74) is 16.6. The predicted octanol–water partition coefficient (Wildman–Crippen LogP) is 4.44. The van der Waals surface area contributed by atoms with E-state index < -0.39 is 0 Å². The molecule has 0 fully saturated rings. The van der Waals surface area contributed by atoms with E-state index in [0.29, 0.717) is 43.0 Å². The number of carbonyl (C=O) groups excluding carboxylic acids is 1. The van der Waals surface area contributed by atoms with E-state index in [-0.39, 0.29) is 11.7 Å². The van der Waals surface area contributed by atoms with Crippen molar-refractivity contribution in [1.82, 2.24) is 14.5 Å². The number of pyridine rings is 1. The summed E-state index contributed by atoms with van der Waals surface area (Å²) in [6, 6.07) is 26.8. The lowest BCUT2D eigenvalue weighted by Gasteiger charge is -2.21. The van der Waals surface area contributed by atoms with Gasteiger partial charge in [-0.2, -0.15) is 0 Å². The number of imidazole rings is 1. The molecule has 0 saturated carbocycles. The molecule has 0 bridgehead atoms. The molecule has 0 unspecified atom stereocenters. The molecular formula is C31H31N7OS. The molecule has 2 heterocycles. The van der Waals surface area contributed by atoms with E-state index in [1.165, 1.54) is 0 Å². The minimum Gasteiger partial charge on any atom is -0.384 e. The predicted molar refractivity (Wildman–Crippen MR) is 162 cm³/mol. The fourth-order valence-corrected chi connectivity index (χ4v) is 4.95. The molecule has 0 saturated heterocycles. The number of benzene rings is 3. The second kappa shape index (κ2) is 12.1. The average molecular weight is 550 g/mol. The Bertz CT molecular complexity index is 1650. The first-order valence-electron chi connectivity index (χ1n) is 13.1. The van der Waals surface area contributed by atoms with Crippen LogP contribution in [-0.2, 0) is 19.4 Å². The van der Waals surface area contributed by atoms with Crippen molar-refractivity contribution < 1.29 is 4.79 Å². The molecule has 0 spiro atoms. The topological polar surface area (TPSA) is 127 Å². The number of aryl methyl sites for hydroxylation is 2. The fraction of sp³-hybridized carbons (Fsp3) is 0.161. The Morgan fingerprint density at radius 1 is 0.950 bits per heavy atom. The van der Waals surface area contributed by atoms with Gasteiger partial charge in [0.25, 0.3) is 5.91 Å². The Labute approximate surface area is 238 Å². The Hall–Kier alpha value is -4.47. The summed E-state index contributed by atoms with van der Waals surface area (Å²) in [5, 5.41) is 7.62. The van der Waals surface area contributed by atoms with Crippen molar-refractivity contribution in [2.75, 3.05) is 18.0 Å². The monoisotopic (exact) mass is 549 g/mol. The molecule has 1 amide bonds. The van der Waals surface area contributed by atoms with Crippen molar-refractivity contribution in [3.8, 4) is 0 Å². The van der Waals surface area contributed by atoms with Gasteiger partial charge in [0.05, 0.1) is 17.6 Å². The number of hydrogen-bond donors (Lipinski definition) is 4. The van der Waals surface area contributed by atoms with Crippen molar-refractivity contribution in [2.45, 2.75) is 24.3 Å². The maximum Gasteiger partial charge on any atom is 0.259 e. The minimum atomic E-state index is -0.173. The summed E-state index contributed by atoms with van der Waals surface area (Å²) in [7, 11) is 0. The zero-order chi connectivity index (χ0) is 28.1. The summed E-state index contributed by atoms with van der Waals surface area (Å²) in [4.78, 5) is 25.4. The molecule has 0 radical (unpaired) electrons. The lowest BCUT2D eigenvalue weighted by molar-refractivity contribution is 0.0987. The van der Waals surface area contributed by atoms with Gasteiger partial charge in [-0.15, -0.1) is 12.6 Å². The van der Waals surface area contributed by atoms with E-state index in [1.54, 1.807) is 17.2 Å². The lowest BCUT2D eigenvalue weighted by atomic mass is 10.1. The van der Waals surface area contributed by atoms with Crippen LogP contribution in [0.3, 0.4) is 0 Å². The van der Waals surface area contributed by atoms with E-state index >= 15 is 0 Å². The van der Waals surface area contributed by atoms with Gasteiger partial charge < -0.3 is 16.0 Å². The number of anilines is 1. The number of aromatic nitrogens is 3. The minimum absolute atomic E-state index is 0.0530. The summed E-state index contributed by atoms with van der Waals surface area (Å²) in [5.74, 6) is 1.35. The van der Waals surface area contributed by atoms with Crippen LogP contribution in [0.2, 0.25) is 0 Å². The number of nitrogens with zero attached hydrogens (tertiary/aromatic N) is 4. The summed E-state index contributed by atoms with van der Waals surface area (Å²) in [6.07, 6.45) is 3.12. The highest BCUT2D eigenvalue weighted by Crippen LogP contribution is 2.24. The van der Waals surface area contributed by atoms with E-state index in [0.717, 1.165) is 39.3 Å². The third-order valence-electron chi connectivity index (χ3n) is 6.82. The number of nitrogen functional groups attached to an aromatic ring is 1. The van der Waals surface area contributed by atoms with Crippen molar-refractivity contribution in [1.29, 1.82) is 5.41 Å². The number of hydrogen-bond acceptors (Lipinski definition) is 6. The molecule has 2 aromatic heterocycles. The van der Waals surface area contributed by atoms with Crippen molar-refractivity contribution in [2.24, 2.45) is 11.5 Å². The molecule has 9 heteroatoms. The van der Waals surface area contributed by atoms with Gasteiger partial charge in [-0.1, -0.05) is 48.5 Å². The molecule has 202 valence electrons. The number of amides is 1. The van der Waals surface area contributed by atoms with Gasteiger partial charge >= 0.3 is 0 Å². The lowest BCUT2D eigenvalue weighted by Crippen LogP contribution is -2.36. The molecule has 0 aliphatic carbocycles. The number of nitrogens with one attached hydrogen (secondary N) is 1. The van der Waals surface area contributed by atoms with Crippen LogP contribution in [0.4, 0.5) is 5.82 Å². The maximum atomic E-state index is 13.6. The Kier molecular flexibility index (Phi) is 8.23. The average Bonchev–Trinajstić information content (AvgIpc) is 3.32. The Balaban J connectivity index is 1.49. The first kappa shape index (κ1) is 27.1. The molecule has 8 nitrogen and oxygen atoms in total. The highest BCUT2D eigenvalue weighted by molar-refractivity contribution is 7.80. The van der Waals surface area contributed by atoms with Crippen LogP contribution >= 0.6 is 12.6 Å². The standard InChI is InChI=1S/C31H31N7OS/c32-16-18-37(28-7-3-4-17-35-28)31(39)23-13-14-26-25(19-23)36-29(38(26)20-24-5-1-2-6-27(24)40)15-10-21-8-11-22(12-9-21)30(33)34/h1-9,11-14,17,19,40H,10,15-16,18,20,32H2,(H3,33,34). The summed E-state index contributed by atoms with van der Waals surface area (Å²) >= 11 is 4.67. The molecule has 5 N–H and O–H groups in total. The smallest absolute Gasteiger partial charge is 0.259 e. The summed E-state index contributed by atoms with van der Waals surface area (Å²) < 4.78 is 2.19. The molecule has 3 aromatic carbocycles. The van der Waals surface area contributed by atoms with E-state index in [9.17, 15) is 4.79 Å². The van der Waals surface area contributed by atoms with Crippen LogP contribution in [0.5, 0.6) is 0 Å².